The molecule has 1 saturated heterocycles. The fraction of sp³-hybridized carbons (Fsp3) is 0.226. The number of para-hydroxylation sites is 1. The molecule has 1 atom stereocenters. The number of carbonyl (C=O) groups excluding carboxylic acids is 1. The first-order chi connectivity index (χ1) is 18.5. The Bertz CT molecular complexity index is 1430. The molecule has 9 heteroatoms. The van der Waals surface area contributed by atoms with E-state index in [2.05, 4.69) is 23.1 Å². The summed E-state index contributed by atoms with van der Waals surface area (Å²) < 4.78 is 11.6. The summed E-state index contributed by atoms with van der Waals surface area (Å²) in [4.78, 5) is 16.6. The van der Waals surface area contributed by atoms with Crippen LogP contribution in [0.2, 0.25) is 0 Å². The molecule has 210 valence electrons. The summed E-state index contributed by atoms with van der Waals surface area (Å²) in [5.41, 5.74) is 9.10. The molecule has 5 rings (SSSR count). The van der Waals surface area contributed by atoms with E-state index in [1.54, 1.807) is 11.8 Å². The average Bonchev–Trinajstić information content (AvgIpc) is 3.36. The molecule has 40 heavy (non-hydrogen) atoms. The van der Waals surface area contributed by atoms with Gasteiger partial charge in [-0.15, -0.1) is 24.8 Å². The second-order valence-electron chi connectivity index (χ2n) is 9.44. The van der Waals surface area contributed by atoms with Gasteiger partial charge < -0.3 is 15.2 Å². The lowest BCUT2D eigenvalue weighted by molar-refractivity contribution is 0.162. The van der Waals surface area contributed by atoms with Gasteiger partial charge in [0.25, 0.3) is 0 Å². The number of nitrogens with two attached hydrogens (primary N) is 1. The number of fused-ring (bicyclic) bond motifs is 1. The van der Waals surface area contributed by atoms with Gasteiger partial charge in [0.1, 0.15) is 17.7 Å². The van der Waals surface area contributed by atoms with Crippen molar-refractivity contribution in [1.29, 1.82) is 5.41 Å². The summed E-state index contributed by atoms with van der Waals surface area (Å²) in [5, 5.41) is 9.93. The molecule has 0 saturated carbocycles. The van der Waals surface area contributed by atoms with Crippen molar-refractivity contribution >= 4 is 58.9 Å². The Balaban J connectivity index is 0.00000220. The second kappa shape index (κ2) is 14.0. The highest BCUT2D eigenvalue weighted by Gasteiger charge is 2.25. The zero-order valence-corrected chi connectivity index (χ0v) is 23.9. The maximum Gasteiger partial charge on any atom is 0.418 e. The first-order valence-corrected chi connectivity index (χ1v) is 12.9. The summed E-state index contributed by atoms with van der Waals surface area (Å²) in [6.07, 6.45) is 0.633. The van der Waals surface area contributed by atoms with Crippen molar-refractivity contribution in [1.82, 2.24) is 4.90 Å². The maximum atomic E-state index is 12.7. The molecule has 0 aliphatic carbocycles. The molecule has 1 amide bonds. The molecule has 0 aromatic heterocycles. The van der Waals surface area contributed by atoms with Crippen molar-refractivity contribution in [2.24, 2.45) is 5.73 Å². The van der Waals surface area contributed by atoms with E-state index < -0.39 is 6.09 Å². The number of ether oxygens (including phenoxy) is 2. The number of halogens is 2. The van der Waals surface area contributed by atoms with Crippen LogP contribution in [0.15, 0.2) is 91.0 Å². The van der Waals surface area contributed by atoms with Gasteiger partial charge in [-0.1, -0.05) is 42.5 Å². The van der Waals surface area contributed by atoms with Crippen LogP contribution in [0.5, 0.6) is 5.75 Å². The molecule has 1 heterocycles. The van der Waals surface area contributed by atoms with E-state index in [0.29, 0.717) is 6.61 Å². The third kappa shape index (κ3) is 7.24. The number of carbonyl (C=O) groups is 1. The van der Waals surface area contributed by atoms with Crippen LogP contribution in [0, 0.1) is 5.41 Å². The number of hydrogen-bond donors (Lipinski definition) is 2. The molecular formula is C31H34Cl2N4O3. The topological polar surface area (TPSA) is 91.9 Å². The fourth-order valence-corrected chi connectivity index (χ4v) is 4.85. The lowest BCUT2D eigenvalue weighted by Gasteiger charge is -2.22. The highest BCUT2D eigenvalue weighted by atomic mass is 35.5. The van der Waals surface area contributed by atoms with Gasteiger partial charge in [0.15, 0.2) is 0 Å². The van der Waals surface area contributed by atoms with E-state index in [9.17, 15) is 4.79 Å². The van der Waals surface area contributed by atoms with Crippen molar-refractivity contribution < 1.29 is 14.3 Å². The van der Waals surface area contributed by atoms with E-state index in [1.807, 2.05) is 72.8 Å². The number of nitrogens with zero attached hydrogens (tertiary/aromatic N) is 2. The first-order valence-electron chi connectivity index (χ1n) is 12.9. The molecule has 4 aromatic rings. The molecule has 3 N–H and O–H groups in total. The van der Waals surface area contributed by atoms with Gasteiger partial charge in [-0.3, -0.25) is 10.3 Å². The van der Waals surface area contributed by atoms with Crippen LogP contribution in [0.25, 0.3) is 10.8 Å². The first kappa shape index (κ1) is 30.8. The maximum absolute atomic E-state index is 12.7. The van der Waals surface area contributed by atoms with Gasteiger partial charge in [-0.25, -0.2) is 9.69 Å². The third-order valence-electron chi connectivity index (χ3n) is 6.71. The van der Waals surface area contributed by atoms with Crippen molar-refractivity contribution in [2.75, 3.05) is 24.6 Å². The van der Waals surface area contributed by atoms with Crippen molar-refractivity contribution in [3.8, 4) is 5.75 Å². The monoisotopic (exact) mass is 580 g/mol. The summed E-state index contributed by atoms with van der Waals surface area (Å²) in [6, 6.07) is 29.4. The van der Waals surface area contributed by atoms with Crippen LogP contribution in [-0.4, -0.2) is 42.6 Å². The van der Waals surface area contributed by atoms with Gasteiger partial charge in [0.05, 0.1) is 18.0 Å². The van der Waals surface area contributed by atoms with E-state index in [4.69, 9.17) is 20.6 Å². The summed E-state index contributed by atoms with van der Waals surface area (Å²) in [5.74, 6) is 0.860. The van der Waals surface area contributed by atoms with Crippen LogP contribution in [0.3, 0.4) is 0 Å². The zero-order valence-electron chi connectivity index (χ0n) is 22.3. The van der Waals surface area contributed by atoms with Crippen molar-refractivity contribution in [2.45, 2.75) is 26.0 Å². The van der Waals surface area contributed by atoms with Gasteiger partial charge in [0.2, 0.25) is 0 Å². The van der Waals surface area contributed by atoms with E-state index >= 15 is 0 Å². The number of amides is 1. The van der Waals surface area contributed by atoms with E-state index in [-0.39, 0.29) is 36.8 Å². The number of benzene rings is 4. The predicted octanol–water partition coefficient (Wildman–Crippen LogP) is 6.92. The Hall–Kier alpha value is -3.78. The predicted molar refractivity (Wildman–Crippen MR) is 166 cm³/mol. The Morgan fingerprint density at radius 3 is 2.35 bits per heavy atom. The molecule has 1 fully saturated rings. The SMILES string of the molecule is CCOC(=O)N(c1ccccc1)c1ccc(OC2CCN(Cc3ccc4ccc(C(=N)N)cc4c3)C2)cc1.Cl.Cl. The molecule has 1 aliphatic rings. The average molecular weight is 582 g/mol. The van der Waals surface area contributed by atoms with Gasteiger partial charge in [-0.2, -0.15) is 0 Å². The number of likely N-dealkylation sites (tertiary alicyclic amines) is 1. The van der Waals surface area contributed by atoms with Gasteiger partial charge in [0, 0.05) is 25.2 Å². The van der Waals surface area contributed by atoms with Crippen LogP contribution >= 0.6 is 24.8 Å². The number of nitrogen functional groups attached to an aromatic ring is 1. The molecule has 1 unspecified atom stereocenters. The van der Waals surface area contributed by atoms with E-state index in [1.165, 1.54) is 5.56 Å². The molecule has 4 aromatic carbocycles. The minimum absolute atomic E-state index is 0. The molecule has 0 bridgehead atoms. The Morgan fingerprint density at radius 2 is 1.65 bits per heavy atom. The highest BCUT2D eigenvalue weighted by Crippen LogP contribution is 2.29. The van der Waals surface area contributed by atoms with Crippen molar-refractivity contribution in [3.63, 3.8) is 0 Å². The van der Waals surface area contributed by atoms with Crippen LogP contribution in [-0.2, 0) is 11.3 Å². The second-order valence-corrected chi connectivity index (χ2v) is 9.44. The van der Waals surface area contributed by atoms with Gasteiger partial charge in [-0.05, 0) is 78.2 Å². The Labute approximate surface area is 247 Å². The molecule has 0 radical (unpaired) electrons. The summed E-state index contributed by atoms with van der Waals surface area (Å²) in [6.45, 7) is 4.74. The summed E-state index contributed by atoms with van der Waals surface area (Å²) in [7, 11) is 0. The summed E-state index contributed by atoms with van der Waals surface area (Å²) >= 11 is 0. The lowest BCUT2D eigenvalue weighted by atomic mass is 10.0. The minimum Gasteiger partial charge on any atom is -0.489 e. The van der Waals surface area contributed by atoms with Gasteiger partial charge >= 0.3 is 6.09 Å². The molecular weight excluding hydrogens is 547 g/mol. The van der Waals surface area contributed by atoms with E-state index in [0.717, 1.165) is 59.5 Å². The normalized spacial score (nSPS) is 14.6. The minimum atomic E-state index is -0.412. The van der Waals surface area contributed by atoms with Crippen molar-refractivity contribution in [3.05, 3.63) is 102 Å². The molecule has 1 aliphatic heterocycles. The molecule has 7 nitrogen and oxygen atoms in total. The number of anilines is 2. The number of amidine groups is 1. The Morgan fingerprint density at radius 1 is 0.950 bits per heavy atom. The standard InChI is InChI=1S/C31H32N4O3.2ClH/c1-2-37-31(36)35(26-6-4-3-5-7-26)27-12-14-28(15-13-27)38-29-16-17-34(21-29)20-22-8-9-23-10-11-24(30(32)33)19-25(23)18-22;;/h3-15,18-19,29H,2,16-17,20-21H2,1H3,(H3,32,33);2*1H. The number of nitrogens with one attached hydrogen (secondary N) is 1. The number of rotatable bonds is 8. The lowest BCUT2D eigenvalue weighted by Crippen LogP contribution is -2.26. The fourth-order valence-electron chi connectivity index (χ4n) is 4.85. The number of hydrogen-bond acceptors (Lipinski definition) is 5. The third-order valence-corrected chi connectivity index (χ3v) is 6.71. The van der Waals surface area contributed by atoms with Crippen LogP contribution in [0.1, 0.15) is 24.5 Å². The van der Waals surface area contributed by atoms with Crippen LogP contribution in [0.4, 0.5) is 16.2 Å². The zero-order chi connectivity index (χ0) is 26.5. The van der Waals surface area contributed by atoms with Crippen LogP contribution < -0.4 is 15.4 Å². The quantitative estimate of drug-likeness (QED) is 0.174. The molecule has 0 spiro atoms. The highest BCUT2D eigenvalue weighted by molar-refractivity contribution is 5.99. The smallest absolute Gasteiger partial charge is 0.418 e. The Kier molecular flexibility index (Phi) is 10.8. The largest absolute Gasteiger partial charge is 0.489 e.